The summed E-state index contributed by atoms with van der Waals surface area (Å²) >= 11 is 3.86. The topological polar surface area (TPSA) is 27.7 Å². The van der Waals surface area contributed by atoms with Gasteiger partial charge >= 0.3 is 0 Å². The molecule has 1 aliphatic rings. The first-order chi connectivity index (χ1) is 9.43. The quantitative estimate of drug-likeness (QED) is 0.799. The lowest BCUT2D eigenvalue weighted by atomic mass is 10.2. The lowest BCUT2D eigenvalue weighted by Crippen LogP contribution is -2.18. The molecule has 19 heavy (non-hydrogen) atoms. The van der Waals surface area contributed by atoms with Gasteiger partial charge in [-0.05, 0) is 6.42 Å². The first-order valence-corrected chi connectivity index (χ1v) is 9.67. The molecule has 1 aliphatic heterocycles. The van der Waals surface area contributed by atoms with Gasteiger partial charge in [0.15, 0.2) is 0 Å². The van der Waals surface area contributed by atoms with Crippen LogP contribution in [0.1, 0.15) is 26.2 Å². The standard InChI is InChI=1S/C14H28O3S2/c1-2-3-4-14-13-19-11-8-16-6-5-15-7-10-18-12-9-17-14/h14H,2-13H2,1H3. The van der Waals surface area contributed by atoms with E-state index in [1.165, 1.54) is 19.3 Å². The van der Waals surface area contributed by atoms with E-state index >= 15 is 0 Å². The van der Waals surface area contributed by atoms with Crippen molar-refractivity contribution in [3.05, 3.63) is 0 Å². The van der Waals surface area contributed by atoms with E-state index in [0.717, 1.165) is 56.0 Å². The Morgan fingerprint density at radius 3 is 2.32 bits per heavy atom. The van der Waals surface area contributed by atoms with Gasteiger partial charge in [-0.2, -0.15) is 23.5 Å². The molecule has 0 aromatic carbocycles. The van der Waals surface area contributed by atoms with Gasteiger partial charge in [-0.1, -0.05) is 19.8 Å². The molecule has 0 bridgehead atoms. The number of hydrogen-bond acceptors (Lipinski definition) is 5. The molecule has 1 unspecified atom stereocenters. The largest absolute Gasteiger partial charge is 0.378 e. The molecular formula is C14H28O3S2. The predicted octanol–water partition coefficient (Wildman–Crippen LogP) is 3.08. The van der Waals surface area contributed by atoms with E-state index in [1.54, 1.807) is 0 Å². The summed E-state index contributed by atoms with van der Waals surface area (Å²) in [5.74, 6) is 4.29. The molecular weight excluding hydrogens is 280 g/mol. The van der Waals surface area contributed by atoms with E-state index in [4.69, 9.17) is 14.2 Å². The number of hydrogen-bond donors (Lipinski definition) is 0. The van der Waals surface area contributed by atoms with E-state index in [2.05, 4.69) is 6.92 Å². The molecule has 114 valence electrons. The van der Waals surface area contributed by atoms with E-state index < -0.39 is 0 Å². The van der Waals surface area contributed by atoms with Gasteiger partial charge < -0.3 is 14.2 Å². The van der Waals surface area contributed by atoms with Crippen LogP contribution in [0.2, 0.25) is 0 Å². The van der Waals surface area contributed by atoms with Gasteiger partial charge in [0.05, 0.1) is 39.1 Å². The molecule has 0 N–H and O–H groups in total. The van der Waals surface area contributed by atoms with Gasteiger partial charge in [0.1, 0.15) is 0 Å². The molecule has 0 amide bonds. The molecule has 0 aromatic rings. The zero-order valence-corrected chi connectivity index (χ0v) is 13.7. The smallest absolute Gasteiger partial charge is 0.0700 e. The molecule has 1 atom stereocenters. The highest BCUT2D eigenvalue weighted by Crippen LogP contribution is 2.13. The lowest BCUT2D eigenvalue weighted by Gasteiger charge is -2.17. The molecule has 0 aromatic heterocycles. The zero-order chi connectivity index (χ0) is 13.6. The van der Waals surface area contributed by atoms with E-state index in [0.29, 0.717) is 6.10 Å². The van der Waals surface area contributed by atoms with Crippen LogP contribution in [0, 0.1) is 0 Å². The SMILES string of the molecule is CCCCC1CSCCOCCOCCSCCO1. The Morgan fingerprint density at radius 1 is 0.895 bits per heavy atom. The first-order valence-electron chi connectivity index (χ1n) is 7.36. The van der Waals surface area contributed by atoms with Crippen LogP contribution in [-0.2, 0) is 14.2 Å². The van der Waals surface area contributed by atoms with Gasteiger partial charge in [0.2, 0.25) is 0 Å². The number of ether oxygens (including phenoxy) is 3. The van der Waals surface area contributed by atoms with E-state index in [-0.39, 0.29) is 0 Å². The van der Waals surface area contributed by atoms with Crippen LogP contribution in [0.15, 0.2) is 0 Å². The fourth-order valence-electron chi connectivity index (χ4n) is 1.79. The molecule has 0 spiro atoms. The van der Waals surface area contributed by atoms with Gasteiger partial charge in [-0.15, -0.1) is 0 Å². The lowest BCUT2D eigenvalue weighted by molar-refractivity contribution is 0.0605. The summed E-state index contributed by atoms with van der Waals surface area (Å²) in [6.07, 6.45) is 4.13. The molecule has 0 saturated carbocycles. The summed E-state index contributed by atoms with van der Waals surface area (Å²) in [5, 5.41) is 0. The van der Waals surface area contributed by atoms with Crippen molar-refractivity contribution in [1.82, 2.24) is 0 Å². The zero-order valence-electron chi connectivity index (χ0n) is 12.1. The first kappa shape index (κ1) is 17.6. The molecule has 3 nitrogen and oxygen atoms in total. The summed E-state index contributed by atoms with van der Waals surface area (Å²) in [7, 11) is 0. The maximum atomic E-state index is 6.00. The van der Waals surface area contributed by atoms with Crippen LogP contribution in [0.25, 0.3) is 0 Å². The summed E-state index contributed by atoms with van der Waals surface area (Å²) in [6, 6.07) is 0. The average Bonchev–Trinajstić information content (AvgIpc) is 2.44. The third-order valence-electron chi connectivity index (χ3n) is 2.88. The Balaban J connectivity index is 2.21. The maximum absolute atomic E-state index is 6.00. The molecule has 0 radical (unpaired) electrons. The highest BCUT2D eigenvalue weighted by atomic mass is 32.2. The highest BCUT2D eigenvalue weighted by Gasteiger charge is 2.09. The van der Waals surface area contributed by atoms with Crippen LogP contribution in [0.3, 0.4) is 0 Å². The van der Waals surface area contributed by atoms with E-state index in [9.17, 15) is 0 Å². The van der Waals surface area contributed by atoms with Crippen molar-refractivity contribution in [2.24, 2.45) is 0 Å². The highest BCUT2D eigenvalue weighted by molar-refractivity contribution is 7.99. The van der Waals surface area contributed by atoms with Crippen LogP contribution < -0.4 is 0 Å². The minimum absolute atomic E-state index is 0.423. The molecule has 1 heterocycles. The third-order valence-corrected chi connectivity index (χ3v) is 4.85. The average molecular weight is 309 g/mol. The van der Waals surface area contributed by atoms with Crippen LogP contribution in [-0.4, -0.2) is 62.1 Å². The monoisotopic (exact) mass is 308 g/mol. The molecule has 1 saturated heterocycles. The Labute approximate surface area is 126 Å². The van der Waals surface area contributed by atoms with Gasteiger partial charge in [0.25, 0.3) is 0 Å². The Hall–Kier alpha value is 0.580. The number of thioether (sulfide) groups is 2. The fraction of sp³-hybridized carbons (Fsp3) is 1.00. The predicted molar refractivity (Wildman–Crippen MR) is 85.6 cm³/mol. The van der Waals surface area contributed by atoms with Crippen LogP contribution in [0.4, 0.5) is 0 Å². The molecule has 0 aliphatic carbocycles. The van der Waals surface area contributed by atoms with Gasteiger partial charge in [-0.25, -0.2) is 0 Å². The van der Waals surface area contributed by atoms with E-state index in [1.807, 2.05) is 23.5 Å². The van der Waals surface area contributed by atoms with Crippen molar-refractivity contribution >= 4 is 23.5 Å². The minimum Gasteiger partial charge on any atom is -0.378 e. The second-order valence-corrected chi connectivity index (χ2v) is 6.92. The van der Waals surface area contributed by atoms with Crippen molar-refractivity contribution in [2.45, 2.75) is 32.3 Å². The normalized spacial score (nSPS) is 25.4. The van der Waals surface area contributed by atoms with Crippen molar-refractivity contribution in [3.63, 3.8) is 0 Å². The molecule has 5 heteroatoms. The van der Waals surface area contributed by atoms with Crippen molar-refractivity contribution < 1.29 is 14.2 Å². The van der Waals surface area contributed by atoms with Crippen molar-refractivity contribution in [2.75, 3.05) is 56.0 Å². The van der Waals surface area contributed by atoms with Crippen molar-refractivity contribution in [1.29, 1.82) is 0 Å². The Bertz CT molecular complexity index is 178. The van der Waals surface area contributed by atoms with Gasteiger partial charge in [-0.3, -0.25) is 0 Å². The van der Waals surface area contributed by atoms with Crippen molar-refractivity contribution in [3.8, 4) is 0 Å². The molecule has 1 rings (SSSR count). The summed E-state index contributed by atoms with van der Waals surface area (Å²) in [6.45, 7) is 6.20. The summed E-state index contributed by atoms with van der Waals surface area (Å²) in [5.41, 5.74) is 0. The minimum atomic E-state index is 0.423. The number of unbranched alkanes of at least 4 members (excludes halogenated alkanes) is 1. The second kappa shape index (κ2) is 13.6. The summed E-state index contributed by atoms with van der Waals surface area (Å²) < 4.78 is 17.0. The second-order valence-electron chi connectivity index (χ2n) is 4.55. The Morgan fingerprint density at radius 2 is 1.58 bits per heavy atom. The Kier molecular flexibility index (Phi) is 12.6. The number of rotatable bonds is 3. The summed E-state index contributed by atoms with van der Waals surface area (Å²) in [4.78, 5) is 0. The maximum Gasteiger partial charge on any atom is 0.0700 e. The fourth-order valence-corrected chi connectivity index (χ4v) is 3.38. The molecule has 1 fully saturated rings. The van der Waals surface area contributed by atoms with Crippen LogP contribution in [0.5, 0.6) is 0 Å². The third kappa shape index (κ3) is 11.0. The van der Waals surface area contributed by atoms with Crippen LogP contribution >= 0.6 is 23.5 Å². The van der Waals surface area contributed by atoms with Gasteiger partial charge in [0, 0.05) is 23.0 Å².